The predicted octanol–water partition coefficient (Wildman–Crippen LogP) is 3.92. The van der Waals surface area contributed by atoms with Crippen molar-refractivity contribution in [1.29, 1.82) is 0 Å². The van der Waals surface area contributed by atoms with Gasteiger partial charge in [-0.3, -0.25) is 20.4 Å². The van der Waals surface area contributed by atoms with Crippen molar-refractivity contribution in [3.05, 3.63) is 54.1 Å². The highest BCUT2D eigenvalue weighted by atomic mass is 19.3. The zero-order chi connectivity index (χ0) is 25.1. The summed E-state index contributed by atoms with van der Waals surface area (Å²) >= 11 is 0. The number of ether oxygens (including phenoxy) is 4. The summed E-state index contributed by atoms with van der Waals surface area (Å²) in [6.07, 6.45) is 1.04. The van der Waals surface area contributed by atoms with E-state index in [-0.39, 0.29) is 5.56 Å². The van der Waals surface area contributed by atoms with Gasteiger partial charge in [-0.15, -0.1) is 0 Å². The molecule has 0 heterocycles. The van der Waals surface area contributed by atoms with Crippen LogP contribution in [0.25, 0.3) is 6.08 Å². The molecule has 0 bridgehead atoms. The van der Waals surface area contributed by atoms with Gasteiger partial charge in [0, 0.05) is 17.7 Å². The number of rotatable bonds is 11. The van der Waals surface area contributed by atoms with Gasteiger partial charge in [-0.2, -0.15) is 17.6 Å². The Balaban J connectivity index is 1.91. The van der Waals surface area contributed by atoms with E-state index >= 15 is 0 Å². The van der Waals surface area contributed by atoms with E-state index in [1.165, 1.54) is 6.92 Å². The fourth-order valence-electron chi connectivity index (χ4n) is 2.50. The summed E-state index contributed by atoms with van der Waals surface area (Å²) in [5.41, 5.74) is 4.24. The van der Waals surface area contributed by atoms with Crippen LogP contribution in [0.15, 0.2) is 48.5 Å². The molecule has 1 unspecified atom stereocenters. The minimum Gasteiger partial charge on any atom is -0.494 e. The Kier molecular flexibility index (Phi) is 9.99. The molecule has 12 heteroatoms. The first-order valence-electron chi connectivity index (χ1n) is 9.89. The first kappa shape index (κ1) is 26.3. The Labute approximate surface area is 192 Å². The molecule has 184 valence electrons. The lowest BCUT2D eigenvalue weighted by Crippen LogP contribution is -2.46. The van der Waals surface area contributed by atoms with Gasteiger partial charge in [0.15, 0.2) is 6.10 Å². The van der Waals surface area contributed by atoms with Crippen LogP contribution in [-0.2, 0) is 9.59 Å². The number of alkyl halides is 4. The number of benzene rings is 2. The van der Waals surface area contributed by atoms with Crippen molar-refractivity contribution in [3.8, 4) is 23.0 Å². The lowest BCUT2D eigenvalue weighted by Gasteiger charge is -2.15. The second-order valence-corrected chi connectivity index (χ2v) is 6.43. The zero-order valence-electron chi connectivity index (χ0n) is 18.1. The van der Waals surface area contributed by atoms with Crippen molar-refractivity contribution in [2.75, 3.05) is 6.61 Å². The van der Waals surface area contributed by atoms with E-state index < -0.39 is 42.6 Å². The lowest BCUT2D eigenvalue weighted by molar-refractivity contribution is -0.131. The Hall–Kier alpha value is -3.96. The number of amides is 2. The number of hydrogen-bond acceptors (Lipinski definition) is 6. The number of hydrogen-bond donors (Lipinski definition) is 2. The van der Waals surface area contributed by atoms with Crippen molar-refractivity contribution in [2.24, 2.45) is 0 Å². The molecule has 2 aromatic carbocycles. The first-order chi connectivity index (χ1) is 16.2. The van der Waals surface area contributed by atoms with Gasteiger partial charge < -0.3 is 18.9 Å². The quantitative estimate of drug-likeness (QED) is 0.284. The number of halogens is 4. The molecule has 2 amide bonds. The highest BCUT2D eigenvalue weighted by Crippen LogP contribution is 2.28. The Bertz CT molecular complexity index is 986. The van der Waals surface area contributed by atoms with Crippen LogP contribution in [0.2, 0.25) is 0 Å². The Morgan fingerprint density at radius 1 is 0.882 bits per heavy atom. The van der Waals surface area contributed by atoms with E-state index in [0.717, 1.165) is 30.4 Å². The second kappa shape index (κ2) is 12.9. The fourth-order valence-corrected chi connectivity index (χ4v) is 2.50. The minimum absolute atomic E-state index is 0.0180. The van der Waals surface area contributed by atoms with Gasteiger partial charge in [0.05, 0.1) is 6.61 Å². The maximum absolute atomic E-state index is 12.6. The molecule has 8 nitrogen and oxygen atoms in total. The van der Waals surface area contributed by atoms with Gasteiger partial charge in [0.2, 0.25) is 0 Å². The van der Waals surface area contributed by atoms with Gasteiger partial charge in [-0.25, -0.2) is 0 Å². The van der Waals surface area contributed by atoms with E-state index in [0.29, 0.717) is 18.1 Å². The van der Waals surface area contributed by atoms with Gasteiger partial charge >= 0.3 is 13.2 Å². The van der Waals surface area contributed by atoms with Crippen LogP contribution >= 0.6 is 0 Å². The summed E-state index contributed by atoms with van der Waals surface area (Å²) in [7, 11) is 0. The minimum atomic E-state index is -3.24. The molecule has 0 aromatic heterocycles. The van der Waals surface area contributed by atoms with Crippen molar-refractivity contribution in [1.82, 2.24) is 10.9 Å². The molecule has 2 rings (SSSR count). The molecular weight excluding hydrogens is 464 g/mol. The lowest BCUT2D eigenvalue weighted by atomic mass is 10.1. The van der Waals surface area contributed by atoms with Crippen LogP contribution in [0.4, 0.5) is 17.6 Å². The molecular formula is C22H22F4N2O6. The third kappa shape index (κ3) is 8.88. The zero-order valence-corrected chi connectivity index (χ0v) is 18.1. The van der Waals surface area contributed by atoms with E-state index in [2.05, 4.69) is 20.3 Å². The van der Waals surface area contributed by atoms with Gasteiger partial charge in [-0.1, -0.05) is 0 Å². The van der Waals surface area contributed by atoms with Crippen molar-refractivity contribution < 1.29 is 46.1 Å². The average molecular weight is 486 g/mol. The highest BCUT2D eigenvalue weighted by molar-refractivity contribution is 5.94. The Morgan fingerprint density at radius 3 is 2.12 bits per heavy atom. The number of hydrazine groups is 1. The van der Waals surface area contributed by atoms with Crippen LogP contribution in [0.1, 0.15) is 19.4 Å². The molecule has 0 saturated carbocycles. The summed E-state index contributed by atoms with van der Waals surface area (Å²) < 4.78 is 69.0. The van der Waals surface area contributed by atoms with Gasteiger partial charge in [0.25, 0.3) is 11.8 Å². The number of carbonyl (C=O) groups is 2. The molecule has 0 aliphatic heterocycles. The normalized spacial score (nSPS) is 11.9. The van der Waals surface area contributed by atoms with Gasteiger partial charge in [0.1, 0.15) is 23.0 Å². The summed E-state index contributed by atoms with van der Waals surface area (Å²) in [5, 5.41) is 0. The molecule has 0 radical (unpaired) electrons. The molecule has 34 heavy (non-hydrogen) atoms. The average Bonchev–Trinajstić information content (AvgIpc) is 2.77. The summed E-state index contributed by atoms with van der Waals surface area (Å²) in [5.74, 6) is -1.31. The molecule has 0 fully saturated rings. The van der Waals surface area contributed by atoms with Crippen LogP contribution in [0, 0.1) is 0 Å². The molecule has 2 N–H and O–H groups in total. The maximum atomic E-state index is 12.6. The van der Waals surface area contributed by atoms with Crippen LogP contribution < -0.4 is 29.8 Å². The molecule has 2 aromatic rings. The molecule has 0 aliphatic carbocycles. The first-order valence-corrected chi connectivity index (χ1v) is 9.89. The predicted molar refractivity (Wildman–Crippen MR) is 113 cm³/mol. The van der Waals surface area contributed by atoms with Crippen molar-refractivity contribution >= 4 is 17.9 Å². The fraction of sp³-hybridized carbons (Fsp3) is 0.273. The Morgan fingerprint density at radius 2 is 1.50 bits per heavy atom. The number of nitrogens with one attached hydrogen (secondary N) is 2. The standard InChI is InChI=1S/C22H22F4N2O6/c1-3-31-15-7-9-16(10-8-15)32-13(2)20(30)28-27-19(29)11-5-14-4-6-17(33-21(23)24)12-18(14)34-22(25)26/h4-13,21-22H,3H2,1-2H3,(H,27,29)(H,28,30)/b11-5+. The van der Waals surface area contributed by atoms with E-state index in [4.69, 9.17) is 9.47 Å². The maximum Gasteiger partial charge on any atom is 0.387 e. The second-order valence-electron chi connectivity index (χ2n) is 6.43. The van der Waals surface area contributed by atoms with Gasteiger partial charge in [-0.05, 0) is 56.3 Å². The van der Waals surface area contributed by atoms with E-state index in [1.807, 2.05) is 6.92 Å². The smallest absolute Gasteiger partial charge is 0.387 e. The summed E-state index contributed by atoms with van der Waals surface area (Å²) in [6.45, 7) is -2.58. The largest absolute Gasteiger partial charge is 0.494 e. The molecule has 1 atom stereocenters. The monoisotopic (exact) mass is 486 g/mol. The third-order valence-corrected chi connectivity index (χ3v) is 3.97. The van der Waals surface area contributed by atoms with Crippen molar-refractivity contribution in [3.63, 3.8) is 0 Å². The SMILES string of the molecule is CCOc1ccc(OC(C)C(=O)NNC(=O)/C=C/c2ccc(OC(F)F)cc2OC(F)F)cc1. The van der Waals surface area contributed by atoms with Crippen LogP contribution in [0.3, 0.4) is 0 Å². The topological polar surface area (TPSA) is 95.1 Å². The third-order valence-electron chi connectivity index (χ3n) is 3.97. The molecule has 0 spiro atoms. The summed E-state index contributed by atoms with van der Waals surface area (Å²) in [6, 6.07) is 9.65. The van der Waals surface area contributed by atoms with E-state index in [1.54, 1.807) is 24.3 Å². The van der Waals surface area contributed by atoms with Crippen LogP contribution in [-0.4, -0.2) is 37.7 Å². The number of carbonyl (C=O) groups excluding carboxylic acids is 2. The molecule has 0 aliphatic rings. The molecule has 0 saturated heterocycles. The van der Waals surface area contributed by atoms with E-state index in [9.17, 15) is 27.2 Å². The van der Waals surface area contributed by atoms with Crippen LogP contribution in [0.5, 0.6) is 23.0 Å². The highest BCUT2D eigenvalue weighted by Gasteiger charge is 2.16. The summed E-state index contributed by atoms with van der Waals surface area (Å²) in [4.78, 5) is 24.1. The van der Waals surface area contributed by atoms with Crippen molar-refractivity contribution in [2.45, 2.75) is 33.2 Å².